The van der Waals surface area contributed by atoms with Crippen LogP contribution in [0.2, 0.25) is 0 Å². The van der Waals surface area contributed by atoms with Crippen molar-refractivity contribution in [3.05, 3.63) is 42.0 Å². The first-order chi connectivity index (χ1) is 7.31. The molecule has 0 bridgehead atoms. The molecule has 15 heavy (non-hydrogen) atoms. The van der Waals surface area contributed by atoms with Gasteiger partial charge in [-0.25, -0.2) is 0 Å². The molecule has 0 saturated carbocycles. The van der Waals surface area contributed by atoms with Gasteiger partial charge in [0.25, 0.3) is 5.95 Å². The van der Waals surface area contributed by atoms with E-state index in [0.29, 0.717) is 12.6 Å². The third kappa shape index (κ3) is 2.04. The third-order valence-electron chi connectivity index (χ3n) is 2.22. The van der Waals surface area contributed by atoms with Gasteiger partial charge in [-0.05, 0) is 19.4 Å². The molecule has 2 nitrogen and oxygen atoms in total. The van der Waals surface area contributed by atoms with Gasteiger partial charge in [-0.15, -0.1) is 0 Å². The number of hydrogen-bond acceptors (Lipinski definition) is 2. The Bertz CT molecular complexity index is 429. The van der Waals surface area contributed by atoms with Gasteiger partial charge in [-0.3, -0.25) is 0 Å². The summed E-state index contributed by atoms with van der Waals surface area (Å²) < 4.78 is 10.9. The summed E-state index contributed by atoms with van der Waals surface area (Å²) in [6.07, 6.45) is 0. The Labute approximate surface area is 89.5 Å². The van der Waals surface area contributed by atoms with Crippen LogP contribution in [0.4, 0.5) is 0 Å². The number of aryl methyl sites for hydroxylation is 1. The lowest BCUT2D eigenvalue weighted by Crippen LogP contribution is -1.87. The van der Waals surface area contributed by atoms with Crippen LogP contribution in [-0.4, -0.2) is 6.61 Å². The van der Waals surface area contributed by atoms with Gasteiger partial charge in [0.2, 0.25) is 0 Å². The summed E-state index contributed by atoms with van der Waals surface area (Å²) >= 11 is 0. The minimum Gasteiger partial charge on any atom is -0.465 e. The van der Waals surface area contributed by atoms with Gasteiger partial charge < -0.3 is 9.15 Å². The fourth-order valence-corrected chi connectivity index (χ4v) is 1.54. The Morgan fingerprint density at radius 3 is 2.60 bits per heavy atom. The number of benzene rings is 1. The molecular formula is C13H14O2. The minimum absolute atomic E-state index is 0.592. The van der Waals surface area contributed by atoms with E-state index in [1.54, 1.807) is 0 Å². The van der Waals surface area contributed by atoms with Crippen molar-refractivity contribution in [2.45, 2.75) is 13.8 Å². The van der Waals surface area contributed by atoms with Crippen molar-refractivity contribution in [1.82, 2.24) is 0 Å². The standard InChI is InChI=1S/C13H14O2/c1-3-14-12-9-10(2)13(15-12)11-7-5-4-6-8-11/h4-9H,3H2,1-2H3. The zero-order valence-electron chi connectivity index (χ0n) is 8.99. The summed E-state index contributed by atoms with van der Waals surface area (Å²) in [5.41, 5.74) is 2.19. The summed E-state index contributed by atoms with van der Waals surface area (Å²) in [5.74, 6) is 1.48. The van der Waals surface area contributed by atoms with Crippen LogP contribution in [0.1, 0.15) is 12.5 Å². The first kappa shape index (κ1) is 9.84. The molecule has 0 atom stereocenters. The summed E-state index contributed by atoms with van der Waals surface area (Å²) in [4.78, 5) is 0. The number of ether oxygens (including phenoxy) is 1. The van der Waals surface area contributed by atoms with Crippen LogP contribution in [-0.2, 0) is 0 Å². The SMILES string of the molecule is CCOc1cc(C)c(-c2ccccc2)o1. The molecule has 2 rings (SSSR count). The molecule has 0 saturated heterocycles. The van der Waals surface area contributed by atoms with Gasteiger partial charge in [0.15, 0.2) is 0 Å². The normalized spacial score (nSPS) is 10.3. The predicted octanol–water partition coefficient (Wildman–Crippen LogP) is 3.65. The van der Waals surface area contributed by atoms with E-state index >= 15 is 0 Å². The van der Waals surface area contributed by atoms with Gasteiger partial charge in [-0.2, -0.15) is 0 Å². The maximum atomic E-state index is 5.62. The molecule has 0 aliphatic heterocycles. The molecule has 2 heteroatoms. The Kier molecular flexibility index (Phi) is 2.77. The molecule has 1 aromatic carbocycles. The molecule has 78 valence electrons. The maximum absolute atomic E-state index is 5.62. The van der Waals surface area contributed by atoms with Crippen LogP contribution >= 0.6 is 0 Å². The van der Waals surface area contributed by atoms with E-state index in [2.05, 4.69) is 0 Å². The molecule has 1 heterocycles. The Morgan fingerprint density at radius 1 is 1.20 bits per heavy atom. The monoisotopic (exact) mass is 202 g/mol. The first-order valence-corrected chi connectivity index (χ1v) is 5.10. The van der Waals surface area contributed by atoms with E-state index in [-0.39, 0.29) is 0 Å². The Hall–Kier alpha value is -1.70. The molecule has 0 amide bonds. The van der Waals surface area contributed by atoms with Crippen molar-refractivity contribution >= 4 is 0 Å². The van der Waals surface area contributed by atoms with E-state index in [4.69, 9.17) is 9.15 Å². The summed E-state index contributed by atoms with van der Waals surface area (Å²) in [6.45, 7) is 4.59. The number of hydrogen-bond donors (Lipinski definition) is 0. The van der Waals surface area contributed by atoms with Crippen LogP contribution in [0.15, 0.2) is 40.8 Å². The molecule has 0 radical (unpaired) electrons. The first-order valence-electron chi connectivity index (χ1n) is 5.10. The average molecular weight is 202 g/mol. The van der Waals surface area contributed by atoms with Crippen molar-refractivity contribution in [3.63, 3.8) is 0 Å². The van der Waals surface area contributed by atoms with Crippen molar-refractivity contribution in [2.75, 3.05) is 6.61 Å². The van der Waals surface area contributed by atoms with E-state index in [1.807, 2.05) is 50.2 Å². The summed E-state index contributed by atoms with van der Waals surface area (Å²) in [6, 6.07) is 12.0. The van der Waals surface area contributed by atoms with Crippen molar-refractivity contribution in [2.24, 2.45) is 0 Å². The van der Waals surface area contributed by atoms with E-state index in [1.165, 1.54) is 0 Å². The van der Waals surface area contributed by atoms with Gasteiger partial charge in [0.05, 0.1) is 6.61 Å². The quantitative estimate of drug-likeness (QED) is 0.758. The van der Waals surface area contributed by atoms with Crippen LogP contribution in [0.25, 0.3) is 11.3 Å². The molecule has 0 unspecified atom stereocenters. The maximum Gasteiger partial charge on any atom is 0.285 e. The van der Waals surface area contributed by atoms with E-state index in [9.17, 15) is 0 Å². The zero-order chi connectivity index (χ0) is 10.7. The molecular weight excluding hydrogens is 188 g/mol. The van der Waals surface area contributed by atoms with Gasteiger partial charge in [0, 0.05) is 11.6 Å². The topological polar surface area (TPSA) is 22.4 Å². The highest BCUT2D eigenvalue weighted by atomic mass is 16.6. The Balaban J connectivity index is 2.36. The lowest BCUT2D eigenvalue weighted by Gasteiger charge is -1.98. The van der Waals surface area contributed by atoms with E-state index in [0.717, 1.165) is 16.9 Å². The second-order valence-electron chi connectivity index (χ2n) is 3.38. The number of furan rings is 1. The summed E-state index contributed by atoms with van der Waals surface area (Å²) in [7, 11) is 0. The van der Waals surface area contributed by atoms with Gasteiger partial charge in [0.1, 0.15) is 5.76 Å². The number of rotatable bonds is 3. The molecule has 0 aliphatic carbocycles. The van der Waals surface area contributed by atoms with Crippen molar-refractivity contribution < 1.29 is 9.15 Å². The molecule has 0 N–H and O–H groups in total. The molecule has 2 aromatic rings. The zero-order valence-corrected chi connectivity index (χ0v) is 8.99. The van der Waals surface area contributed by atoms with Crippen LogP contribution in [0.3, 0.4) is 0 Å². The van der Waals surface area contributed by atoms with Crippen LogP contribution in [0, 0.1) is 6.92 Å². The highest BCUT2D eigenvalue weighted by molar-refractivity contribution is 5.61. The van der Waals surface area contributed by atoms with Gasteiger partial charge >= 0.3 is 0 Å². The largest absolute Gasteiger partial charge is 0.465 e. The predicted molar refractivity (Wildman–Crippen MR) is 60.1 cm³/mol. The molecule has 1 aromatic heterocycles. The summed E-state index contributed by atoms with van der Waals surface area (Å²) in [5, 5.41) is 0. The second-order valence-corrected chi connectivity index (χ2v) is 3.38. The van der Waals surface area contributed by atoms with Gasteiger partial charge in [-0.1, -0.05) is 30.3 Å². The molecule has 0 fully saturated rings. The van der Waals surface area contributed by atoms with Crippen LogP contribution in [0.5, 0.6) is 5.95 Å². The van der Waals surface area contributed by atoms with E-state index < -0.39 is 0 Å². The second kappa shape index (κ2) is 4.22. The highest BCUT2D eigenvalue weighted by Crippen LogP contribution is 2.30. The average Bonchev–Trinajstić information content (AvgIpc) is 2.61. The third-order valence-corrected chi connectivity index (χ3v) is 2.22. The fraction of sp³-hybridized carbons (Fsp3) is 0.231. The lowest BCUT2D eigenvalue weighted by atomic mass is 10.1. The Morgan fingerprint density at radius 2 is 1.93 bits per heavy atom. The van der Waals surface area contributed by atoms with Crippen LogP contribution < -0.4 is 4.74 Å². The fourth-order valence-electron chi connectivity index (χ4n) is 1.54. The molecule has 0 spiro atoms. The van der Waals surface area contributed by atoms with Crippen molar-refractivity contribution in [1.29, 1.82) is 0 Å². The lowest BCUT2D eigenvalue weighted by molar-refractivity contribution is 0.260. The van der Waals surface area contributed by atoms with Crippen molar-refractivity contribution in [3.8, 4) is 17.3 Å². The minimum atomic E-state index is 0.592. The smallest absolute Gasteiger partial charge is 0.285 e. The highest BCUT2D eigenvalue weighted by Gasteiger charge is 2.09. The molecule has 0 aliphatic rings.